The van der Waals surface area contributed by atoms with Crippen molar-refractivity contribution in [1.82, 2.24) is 0 Å². The first-order valence-corrected chi connectivity index (χ1v) is 23.6. The highest BCUT2D eigenvalue weighted by Crippen LogP contribution is 2.14. The Morgan fingerprint density at radius 2 is 0.883 bits per heavy atom. The summed E-state index contributed by atoms with van der Waals surface area (Å²) in [6.07, 6.45) is 54.6. The fourth-order valence-electron chi connectivity index (χ4n) is 6.43. The van der Waals surface area contributed by atoms with Crippen LogP contribution < -0.4 is 5.11 Å². The van der Waals surface area contributed by atoms with Gasteiger partial charge in [-0.25, -0.2) is 0 Å². The molecule has 0 N–H and O–H groups in total. The first kappa shape index (κ1) is 56.5. The topological polar surface area (TPSA) is 102 Å². The standard InChI is InChI=1S/C52H87NO7/c1-6-8-10-12-14-16-18-20-22-23-24-25-26-27-29-31-33-35-37-39-41-43-51(55)60-48(46-58-45-44-49(52(56)57)53(3,4)5)47-59-50(54)42-40-38-36-34-32-30-28-21-19-17-15-13-11-9-7-2/h8-11,14-17,20-22,24-25,28,48-49H,6-7,12-13,18-19,23,26-27,29-47H2,1-5H3/b10-8-,11-9-,16-14-,17-15-,22-20-,25-24-,28-21-. The van der Waals surface area contributed by atoms with Crippen LogP contribution in [-0.4, -0.2) is 75.5 Å². The zero-order valence-electron chi connectivity index (χ0n) is 38.8. The van der Waals surface area contributed by atoms with Gasteiger partial charge in [0.15, 0.2) is 6.10 Å². The summed E-state index contributed by atoms with van der Waals surface area (Å²) in [5.41, 5.74) is 0. The maximum Gasteiger partial charge on any atom is 0.306 e. The number of ether oxygens (including phenoxy) is 3. The molecule has 0 bridgehead atoms. The van der Waals surface area contributed by atoms with Crippen LogP contribution in [0.15, 0.2) is 85.1 Å². The van der Waals surface area contributed by atoms with E-state index < -0.39 is 18.1 Å². The summed E-state index contributed by atoms with van der Waals surface area (Å²) < 4.78 is 17.2. The van der Waals surface area contributed by atoms with Gasteiger partial charge in [-0.2, -0.15) is 0 Å². The van der Waals surface area contributed by atoms with E-state index in [2.05, 4.69) is 98.9 Å². The normalized spacial score (nSPS) is 13.7. The number of hydrogen-bond donors (Lipinski definition) is 0. The average Bonchev–Trinajstić information content (AvgIpc) is 3.21. The largest absolute Gasteiger partial charge is 0.544 e. The summed E-state index contributed by atoms with van der Waals surface area (Å²) >= 11 is 0. The van der Waals surface area contributed by atoms with Crippen LogP contribution in [0.5, 0.6) is 0 Å². The molecular weight excluding hydrogens is 751 g/mol. The fraction of sp³-hybridized carbons (Fsp3) is 0.673. The van der Waals surface area contributed by atoms with Crippen molar-refractivity contribution >= 4 is 17.9 Å². The lowest BCUT2D eigenvalue weighted by Crippen LogP contribution is -2.55. The van der Waals surface area contributed by atoms with Crippen molar-refractivity contribution in [2.45, 2.75) is 187 Å². The molecule has 0 aliphatic carbocycles. The third-order valence-corrected chi connectivity index (χ3v) is 10.0. The maximum absolute atomic E-state index is 12.8. The molecule has 0 aliphatic rings. The van der Waals surface area contributed by atoms with Crippen LogP contribution >= 0.6 is 0 Å². The Morgan fingerprint density at radius 1 is 0.500 bits per heavy atom. The Balaban J connectivity index is 4.34. The summed E-state index contributed by atoms with van der Waals surface area (Å²) in [7, 11) is 5.39. The highest BCUT2D eigenvalue weighted by Gasteiger charge is 2.25. The van der Waals surface area contributed by atoms with Crippen molar-refractivity contribution in [3.63, 3.8) is 0 Å². The van der Waals surface area contributed by atoms with Crippen molar-refractivity contribution in [3.05, 3.63) is 85.1 Å². The van der Waals surface area contributed by atoms with E-state index in [4.69, 9.17) is 14.2 Å². The molecule has 2 atom stereocenters. The molecule has 0 saturated carbocycles. The lowest BCUT2D eigenvalue weighted by atomic mass is 10.1. The van der Waals surface area contributed by atoms with E-state index in [1.165, 1.54) is 32.1 Å². The van der Waals surface area contributed by atoms with Gasteiger partial charge >= 0.3 is 11.9 Å². The van der Waals surface area contributed by atoms with Crippen LogP contribution in [-0.2, 0) is 28.6 Å². The molecule has 0 heterocycles. The quantitative estimate of drug-likeness (QED) is 0.0261. The van der Waals surface area contributed by atoms with Gasteiger partial charge in [0.25, 0.3) is 0 Å². The molecule has 0 spiro atoms. The monoisotopic (exact) mass is 838 g/mol. The smallest absolute Gasteiger partial charge is 0.306 e. The first-order valence-electron chi connectivity index (χ1n) is 23.6. The van der Waals surface area contributed by atoms with Crippen LogP contribution in [0.1, 0.15) is 174 Å². The average molecular weight is 838 g/mol. The summed E-state index contributed by atoms with van der Waals surface area (Å²) in [4.78, 5) is 36.9. The molecule has 0 aromatic heterocycles. The van der Waals surface area contributed by atoms with Gasteiger partial charge in [-0.05, 0) is 83.5 Å². The molecule has 0 radical (unpaired) electrons. The molecule has 0 aromatic rings. The van der Waals surface area contributed by atoms with Gasteiger partial charge in [0, 0.05) is 19.3 Å². The Labute approximate surface area is 367 Å². The minimum atomic E-state index is -1.13. The molecule has 0 rings (SSSR count). The second-order valence-corrected chi connectivity index (χ2v) is 16.6. The molecule has 8 heteroatoms. The van der Waals surface area contributed by atoms with Crippen LogP contribution in [0.4, 0.5) is 0 Å². The fourth-order valence-corrected chi connectivity index (χ4v) is 6.43. The number of likely N-dealkylation sites (N-methyl/N-ethyl adjacent to an activating group) is 1. The van der Waals surface area contributed by atoms with Crippen molar-refractivity contribution < 1.29 is 38.2 Å². The van der Waals surface area contributed by atoms with Crippen LogP contribution in [0.25, 0.3) is 0 Å². The predicted octanol–water partition coefficient (Wildman–Crippen LogP) is 12.0. The zero-order chi connectivity index (χ0) is 44.2. The number of esters is 2. The van der Waals surface area contributed by atoms with Gasteiger partial charge in [0.1, 0.15) is 12.6 Å². The minimum Gasteiger partial charge on any atom is -0.544 e. The van der Waals surface area contributed by atoms with Gasteiger partial charge < -0.3 is 28.6 Å². The molecule has 0 amide bonds. The Morgan fingerprint density at radius 3 is 1.30 bits per heavy atom. The molecule has 60 heavy (non-hydrogen) atoms. The Bertz CT molecular complexity index is 1250. The molecular formula is C52H87NO7. The van der Waals surface area contributed by atoms with Gasteiger partial charge in [-0.15, -0.1) is 0 Å². The second-order valence-electron chi connectivity index (χ2n) is 16.6. The second kappa shape index (κ2) is 42.2. The molecule has 0 aromatic carbocycles. The Kier molecular flexibility index (Phi) is 39.8. The minimum absolute atomic E-state index is 0.0270. The molecule has 342 valence electrons. The number of aliphatic carboxylic acids is 1. The van der Waals surface area contributed by atoms with Crippen molar-refractivity contribution in [2.75, 3.05) is 41.0 Å². The van der Waals surface area contributed by atoms with Crippen LogP contribution in [0.2, 0.25) is 0 Å². The first-order chi connectivity index (χ1) is 29.1. The number of carbonyl (C=O) groups excluding carboxylic acids is 3. The number of rotatable bonds is 41. The lowest BCUT2D eigenvalue weighted by Gasteiger charge is -2.34. The number of allylic oxidation sites excluding steroid dienone is 14. The predicted molar refractivity (Wildman–Crippen MR) is 249 cm³/mol. The van der Waals surface area contributed by atoms with E-state index in [9.17, 15) is 19.5 Å². The van der Waals surface area contributed by atoms with E-state index in [1.807, 2.05) is 0 Å². The number of nitrogens with zero attached hydrogens (tertiary/aromatic N) is 1. The number of unbranched alkanes of at least 4 members (excludes halogenated alkanes) is 13. The van der Waals surface area contributed by atoms with Crippen LogP contribution in [0, 0.1) is 0 Å². The molecule has 8 nitrogen and oxygen atoms in total. The summed E-state index contributed by atoms with van der Waals surface area (Å²) in [5, 5.41) is 11.6. The SMILES string of the molecule is CC/C=C\C/C=C\C/C=C\C/C=C\CCCCCCCCCCC(=O)OC(COCCC(C(=O)[O-])[N+](C)(C)C)COC(=O)CCCCCCC/C=C\C/C=C\C/C=C\CC. The highest BCUT2D eigenvalue weighted by molar-refractivity contribution is 5.70. The molecule has 0 aliphatic heterocycles. The molecule has 0 fully saturated rings. The van der Waals surface area contributed by atoms with Crippen molar-refractivity contribution in [2.24, 2.45) is 0 Å². The summed E-state index contributed by atoms with van der Waals surface area (Å²) in [5.74, 6) is -1.78. The number of hydrogen-bond acceptors (Lipinski definition) is 7. The van der Waals surface area contributed by atoms with Gasteiger partial charge in [0.2, 0.25) is 0 Å². The van der Waals surface area contributed by atoms with E-state index in [0.717, 1.165) is 109 Å². The van der Waals surface area contributed by atoms with Crippen molar-refractivity contribution in [1.29, 1.82) is 0 Å². The summed E-state index contributed by atoms with van der Waals surface area (Å²) in [6, 6.07) is -0.734. The third-order valence-electron chi connectivity index (χ3n) is 10.0. The van der Waals surface area contributed by atoms with E-state index >= 15 is 0 Å². The molecule has 2 unspecified atom stereocenters. The zero-order valence-corrected chi connectivity index (χ0v) is 38.8. The van der Waals surface area contributed by atoms with Crippen LogP contribution in [0.3, 0.4) is 0 Å². The number of quaternary nitrogens is 1. The lowest BCUT2D eigenvalue weighted by molar-refractivity contribution is -0.889. The van der Waals surface area contributed by atoms with E-state index in [0.29, 0.717) is 12.8 Å². The van der Waals surface area contributed by atoms with Crippen molar-refractivity contribution in [3.8, 4) is 0 Å². The Hall–Kier alpha value is -3.49. The van der Waals surface area contributed by atoms with Gasteiger partial charge in [-0.1, -0.05) is 157 Å². The number of carboxylic acids is 1. The number of carbonyl (C=O) groups is 3. The third kappa shape index (κ3) is 39.9. The highest BCUT2D eigenvalue weighted by atomic mass is 16.6. The van der Waals surface area contributed by atoms with E-state index in [-0.39, 0.29) is 42.7 Å². The molecule has 0 saturated heterocycles. The van der Waals surface area contributed by atoms with E-state index in [1.54, 1.807) is 21.1 Å². The maximum atomic E-state index is 12.8. The summed E-state index contributed by atoms with van der Waals surface area (Å²) in [6.45, 7) is 4.40. The van der Waals surface area contributed by atoms with Gasteiger partial charge in [-0.3, -0.25) is 9.59 Å². The number of carboxylic acid groups (broad SMARTS) is 1. The van der Waals surface area contributed by atoms with Gasteiger partial charge in [0.05, 0.1) is 40.3 Å².